The molecule has 0 saturated carbocycles. The van der Waals surface area contributed by atoms with E-state index in [2.05, 4.69) is 5.32 Å². The van der Waals surface area contributed by atoms with Crippen LogP contribution in [0.2, 0.25) is 0 Å². The quantitative estimate of drug-likeness (QED) is 0.814. The Balaban J connectivity index is 1.85. The Bertz CT molecular complexity index is 254. The largest absolute Gasteiger partial charge is 0.317 e. The molecule has 1 aliphatic rings. The molecular formula is C11H16FNS. The van der Waals surface area contributed by atoms with Crippen molar-refractivity contribution in [2.45, 2.75) is 25.4 Å². The first-order valence-electron chi connectivity index (χ1n) is 5.22. The van der Waals surface area contributed by atoms with Crippen molar-refractivity contribution >= 4 is 11.3 Å². The van der Waals surface area contributed by atoms with Gasteiger partial charge in [-0.15, -0.1) is 0 Å². The second-order valence-corrected chi connectivity index (χ2v) is 4.72. The van der Waals surface area contributed by atoms with Gasteiger partial charge in [0.2, 0.25) is 0 Å². The Labute approximate surface area is 88.3 Å². The van der Waals surface area contributed by atoms with E-state index in [-0.39, 0.29) is 5.92 Å². The molecule has 1 nitrogen and oxygen atoms in total. The highest BCUT2D eigenvalue weighted by Gasteiger charge is 2.23. The molecule has 1 atom stereocenters. The maximum absolute atomic E-state index is 13.8. The molecule has 0 aromatic carbocycles. The third kappa shape index (κ3) is 2.55. The van der Waals surface area contributed by atoms with Crippen molar-refractivity contribution < 1.29 is 4.39 Å². The van der Waals surface area contributed by atoms with E-state index in [4.69, 9.17) is 0 Å². The molecule has 1 aromatic heterocycles. The minimum atomic E-state index is -0.647. The smallest absolute Gasteiger partial charge is 0.107 e. The fourth-order valence-electron chi connectivity index (χ4n) is 2.01. The predicted molar refractivity (Wildman–Crippen MR) is 58.5 cm³/mol. The molecule has 1 unspecified atom stereocenters. The summed E-state index contributed by atoms with van der Waals surface area (Å²) in [6.45, 7) is 1.96. The molecule has 78 valence electrons. The third-order valence-electron chi connectivity index (χ3n) is 2.91. The molecule has 1 fully saturated rings. The van der Waals surface area contributed by atoms with Crippen LogP contribution in [0.3, 0.4) is 0 Å². The van der Waals surface area contributed by atoms with Crippen LogP contribution in [0.4, 0.5) is 4.39 Å². The van der Waals surface area contributed by atoms with Gasteiger partial charge in [-0.05, 0) is 54.2 Å². The van der Waals surface area contributed by atoms with E-state index < -0.39 is 6.17 Å². The van der Waals surface area contributed by atoms with Gasteiger partial charge in [0.05, 0.1) is 0 Å². The molecule has 14 heavy (non-hydrogen) atoms. The summed E-state index contributed by atoms with van der Waals surface area (Å²) >= 11 is 1.65. The molecule has 0 amide bonds. The highest BCUT2D eigenvalue weighted by Crippen LogP contribution is 2.23. The van der Waals surface area contributed by atoms with Crippen molar-refractivity contribution in [3.8, 4) is 0 Å². The van der Waals surface area contributed by atoms with Crippen LogP contribution in [0.1, 0.15) is 18.4 Å². The maximum Gasteiger partial charge on any atom is 0.107 e. The molecular weight excluding hydrogens is 197 g/mol. The van der Waals surface area contributed by atoms with Crippen LogP contribution < -0.4 is 5.32 Å². The molecule has 0 bridgehead atoms. The van der Waals surface area contributed by atoms with Gasteiger partial charge < -0.3 is 5.32 Å². The average molecular weight is 213 g/mol. The fourth-order valence-corrected chi connectivity index (χ4v) is 2.69. The summed E-state index contributed by atoms with van der Waals surface area (Å²) in [6, 6.07) is 2.03. The predicted octanol–water partition coefficient (Wildman–Crippen LogP) is 2.63. The van der Waals surface area contributed by atoms with Crippen LogP contribution in [0.25, 0.3) is 0 Å². The lowest BCUT2D eigenvalue weighted by Crippen LogP contribution is -2.33. The van der Waals surface area contributed by atoms with E-state index in [1.807, 2.05) is 16.8 Å². The molecule has 1 aromatic rings. The Kier molecular flexibility index (Phi) is 3.54. The van der Waals surface area contributed by atoms with Crippen molar-refractivity contribution in [2.24, 2.45) is 5.92 Å². The van der Waals surface area contributed by atoms with Crippen molar-refractivity contribution in [1.82, 2.24) is 5.32 Å². The fraction of sp³-hybridized carbons (Fsp3) is 0.636. The Morgan fingerprint density at radius 3 is 2.93 bits per heavy atom. The standard InChI is InChI=1S/C11H16FNS/c12-11(7-9-3-6-14-8-9)10-1-4-13-5-2-10/h3,6,8,10-11,13H,1-2,4-5,7H2. The number of halogens is 1. The topological polar surface area (TPSA) is 12.0 Å². The van der Waals surface area contributed by atoms with Crippen LogP contribution in [0.5, 0.6) is 0 Å². The van der Waals surface area contributed by atoms with E-state index >= 15 is 0 Å². The summed E-state index contributed by atoms with van der Waals surface area (Å²) < 4.78 is 13.8. The lowest BCUT2D eigenvalue weighted by Gasteiger charge is -2.25. The minimum Gasteiger partial charge on any atom is -0.317 e. The zero-order valence-corrected chi connectivity index (χ0v) is 9.02. The molecule has 2 rings (SSSR count). The molecule has 1 aliphatic heterocycles. The summed E-state index contributed by atoms with van der Waals surface area (Å²) in [7, 11) is 0. The zero-order chi connectivity index (χ0) is 9.80. The van der Waals surface area contributed by atoms with Gasteiger partial charge in [0, 0.05) is 6.42 Å². The molecule has 1 saturated heterocycles. The van der Waals surface area contributed by atoms with Crippen LogP contribution in [-0.4, -0.2) is 19.3 Å². The van der Waals surface area contributed by atoms with E-state index in [0.29, 0.717) is 6.42 Å². The molecule has 0 radical (unpaired) electrons. The van der Waals surface area contributed by atoms with Crippen LogP contribution in [-0.2, 0) is 6.42 Å². The number of rotatable bonds is 3. The second-order valence-electron chi connectivity index (χ2n) is 3.94. The number of hydrogen-bond acceptors (Lipinski definition) is 2. The van der Waals surface area contributed by atoms with Crippen molar-refractivity contribution in [3.63, 3.8) is 0 Å². The number of nitrogens with one attached hydrogen (secondary N) is 1. The molecule has 1 N–H and O–H groups in total. The van der Waals surface area contributed by atoms with Gasteiger partial charge in [0.1, 0.15) is 6.17 Å². The van der Waals surface area contributed by atoms with Gasteiger partial charge in [-0.3, -0.25) is 0 Å². The van der Waals surface area contributed by atoms with E-state index in [9.17, 15) is 4.39 Å². The Morgan fingerprint density at radius 1 is 1.50 bits per heavy atom. The van der Waals surface area contributed by atoms with Crippen molar-refractivity contribution in [2.75, 3.05) is 13.1 Å². The first-order valence-corrected chi connectivity index (χ1v) is 6.16. The highest BCUT2D eigenvalue weighted by atomic mass is 32.1. The molecule has 3 heteroatoms. The molecule has 0 aliphatic carbocycles. The number of alkyl halides is 1. The lowest BCUT2D eigenvalue weighted by molar-refractivity contribution is 0.187. The molecule has 0 spiro atoms. The number of piperidine rings is 1. The van der Waals surface area contributed by atoms with Crippen LogP contribution >= 0.6 is 11.3 Å². The van der Waals surface area contributed by atoms with Crippen LogP contribution in [0.15, 0.2) is 16.8 Å². The van der Waals surface area contributed by atoms with Gasteiger partial charge in [0.15, 0.2) is 0 Å². The number of thiophene rings is 1. The first-order chi connectivity index (χ1) is 6.86. The summed E-state index contributed by atoms with van der Waals surface area (Å²) in [5.41, 5.74) is 1.15. The van der Waals surface area contributed by atoms with E-state index in [1.54, 1.807) is 11.3 Å². The SMILES string of the molecule is FC(Cc1ccsc1)C1CCNCC1. The van der Waals surface area contributed by atoms with E-state index in [0.717, 1.165) is 31.5 Å². The molecule has 2 heterocycles. The summed E-state index contributed by atoms with van der Waals surface area (Å²) in [4.78, 5) is 0. The summed E-state index contributed by atoms with van der Waals surface area (Å²) in [5.74, 6) is 0.274. The Hall–Kier alpha value is -0.410. The first kappa shape index (κ1) is 10.1. The lowest BCUT2D eigenvalue weighted by atomic mass is 9.90. The van der Waals surface area contributed by atoms with Gasteiger partial charge in [-0.1, -0.05) is 0 Å². The van der Waals surface area contributed by atoms with E-state index in [1.165, 1.54) is 0 Å². The average Bonchev–Trinajstić information content (AvgIpc) is 2.72. The Morgan fingerprint density at radius 2 is 2.29 bits per heavy atom. The van der Waals surface area contributed by atoms with Gasteiger partial charge >= 0.3 is 0 Å². The highest BCUT2D eigenvalue weighted by molar-refractivity contribution is 7.07. The normalized spacial score (nSPS) is 20.9. The number of hydrogen-bond donors (Lipinski definition) is 1. The third-order valence-corrected chi connectivity index (χ3v) is 3.64. The van der Waals surface area contributed by atoms with Gasteiger partial charge in [-0.25, -0.2) is 4.39 Å². The summed E-state index contributed by atoms with van der Waals surface area (Å²) in [5, 5.41) is 7.33. The van der Waals surface area contributed by atoms with Gasteiger partial charge in [0.25, 0.3) is 0 Å². The van der Waals surface area contributed by atoms with Gasteiger partial charge in [-0.2, -0.15) is 11.3 Å². The zero-order valence-electron chi connectivity index (χ0n) is 8.21. The minimum absolute atomic E-state index is 0.274. The monoisotopic (exact) mass is 213 g/mol. The maximum atomic E-state index is 13.8. The van der Waals surface area contributed by atoms with Crippen molar-refractivity contribution in [3.05, 3.63) is 22.4 Å². The summed E-state index contributed by atoms with van der Waals surface area (Å²) in [6.07, 6.45) is 1.94. The second kappa shape index (κ2) is 4.89. The van der Waals surface area contributed by atoms with Crippen molar-refractivity contribution in [1.29, 1.82) is 0 Å². The van der Waals surface area contributed by atoms with Crippen LogP contribution in [0, 0.1) is 5.92 Å².